The normalized spacial score (nSPS) is 19.7. The summed E-state index contributed by atoms with van der Waals surface area (Å²) in [4.78, 5) is 4.48. The molecule has 90 valence electrons. The number of nitrogens with one attached hydrogen (secondary N) is 2. The summed E-state index contributed by atoms with van der Waals surface area (Å²) >= 11 is 0. The molecule has 0 radical (unpaired) electrons. The van der Waals surface area contributed by atoms with Gasteiger partial charge in [0.2, 0.25) is 0 Å². The van der Waals surface area contributed by atoms with E-state index in [0.29, 0.717) is 0 Å². The molecule has 1 rings (SSSR count). The van der Waals surface area contributed by atoms with Crippen molar-refractivity contribution in [3.05, 3.63) is 36.2 Å². The van der Waals surface area contributed by atoms with Crippen molar-refractivity contribution in [1.82, 2.24) is 10.6 Å². The van der Waals surface area contributed by atoms with Crippen molar-refractivity contribution in [3.8, 4) is 0 Å². The van der Waals surface area contributed by atoms with E-state index in [-0.39, 0.29) is 6.04 Å². The number of hydrogen-bond donors (Lipinski definition) is 2. The van der Waals surface area contributed by atoms with Crippen LogP contribution < -0.4 is 10.6 Å². The summed E-state index contributed by atoms with van der Waals surface area (Å²) in [5, 5.41) is 6.08. The fourth-order valence-corrected chi connectivity index (χ4v) is 1.33. The van der Waals surface area contributed by atoms with Crippen LogP contribution in [0.3, 0.4) is 0 Å². The minimum atomic E-state index is 0.125. The molecule has 0 aromatic carbocycles. The lowest BCUT2D eigenvalue weighted by Crippen LogP contribution is -2.22. The second-order valence-corrected chi connectivity index (χ2v) is 3.10. The average molecular weight is 221 g/mol. The van der Waals surface area contributed by atoms with Crippen LogP contribution in [0.25, 0.3) is 0 Å². The Kier molecular flexibility index (Phi) is 7.94. The van der Waals surface area contributed by atoms with E-state index in [9.17, 15) is 0 Å². The highest BCUT2D eigenvalue weighted by Crippen LogP contribution is 2.11. The van der Waals surface area contributed by atoms with E-state index in [1.54, 1.807) is 0 Å². The largest absolute Gasteiger partial charge is 0.394 e. The van der Waals surface area contributed by atoms with Crippen LogP contribution in [-0.4, -0.2) is 18.9 Å². The number of aliphatic imine (C=N–C) groups is 1. The molecule has 3 heteroatoms. The van der Waals surface area contributed by atoms with Gasteiger partial charge in [0, 0.05) is 19.4 Å². The van der Waals surface area contributed by atoms with E-state index in [1.165, 1.54) is 0 Å². The van der Waals surface area contributed by atoms with Crippen LogP contribution in [-0.2, 0) is 0 Å². The summed E-state index contributed by atoms with van der Waals surface area (Å²) in [5.41, 5.74) is 1.16. The van der Waals surface area contributed by atoms with E-state index >= 15 is 0 Å². The fourth-order valence-electron chi connectivity index (χ4n) is 1.33. The van der Waals surface area contributed by atoms with Gasteiger partial charge in [0.25, 0.3) is 0 Å². The molecule has 0 aromatic heterocycles. The summed E-state index contributed by atoms with van der Waals surface area (Å²) in [7, 11) is 1.89. The van der Waals surface area contributed by atoms with E-state index in [1.807, 2.05) is 59.3 Å². The molecular formula is C13H23N3. The van der Waals surface area contributed by atoms with Crippen molar-refractivity contribution < 1.29 is 0 Å². The molecule has 1 heterocycles. The fraction of sp³-hybridized carbons (Fsp3) is 0.462. The SMILES string of the molecule is C/C=C\C(=C/NC)C1C=CNC(C)=N1.CC. The van der Waals surface area contributed by atoms with Crippen molar-refractivity contribution in [2.45, 2.75) is 33.7 Å². The molecule has 0 fully saturated rings. The molecule has 0 aromatic rings. The Balaban J connectivity index is 0.00000106. The Bertz CT molecular complexity index is 298. The smallest absolute Gasteiger partial charge is 0.0982 e. The first-order valence-corrected chi connectivity index (χ1v) is 5.75. The maximum absolute atomic E-state index is 4.48. The average Bonchev–Trinajstić information content (AvgIpc) is 2.31. The number of rotatable bonds is 3. The highest BCUT2D eigenvalue weighted by Gasteiger charge is 2.09. The Labute approximate surface area is 99.0 Å². The van der Waals surface area contributed by atoms with Gasteiger partial charge in [-0.1, -0.05) is 26.0 Å². The van der Waals surface area contributed by atoms with Crippen molar-refractivity contribution in [3.63, 3.8) is 0 Å². The van der Waals surface area contributed by atoms with Crippen LogP contribution in [0.2, 0.25) is 0 Å². The van der Waals surface area contributed by atoms with Crippen LogP contribution in [0.15, 0.2) is 41.2 Å². The first-order valence-electron chi connectivity index (χ1n) is 5.75. The summed E-state index contributed by atoms with van der Waals surface area (Å²) in [6.07, 6.45) is 10.0. The van der Waals surface area contributed by atoms with Gasteiger partial charge in [-0.05, 0) is 25.5 Å². The summed E-state index contributed by atoms with van der Waals surface area (Å²) in [5.74, 6) is 0.948. The molecule has 16 heavy (non-hydrogen) atoms. The second-order valence-electron chi connectivity index (χ2n) is 3.10. The minimum Gasteiger partial charge on any atom is -0.394 e. The quantitative estimate of drug-likeness (QED) is 0.719. The van der Waals surface area contributed by atoms with Gasteiger partial charge in [-0.3, -0.25) is 4.99 Å². The second kappa shape index (κ2) is 8.77. The van der Waals surface area contributed by atoms with Gasteiger partial charge in [-0.2, -0.15) is 0 Å². The molecular weight excluding hydrogens is 198 g/mol. The van der Waals surface area contributed by atoms with Gasteiger partial charge < -0.3 is 10.6 Å². The molecule has 2 N–H and O–H groups in total. The summed E-state index contributed by atoms with van der Waals surface area (Å²) in [6.45, 7) is 7.97. The number of nitrogens with zero attached hydrogens (tertiary/aromatic N) is 1. The van der Waals surface area contributed by atoms with Crippen LogP contribution in [0, 0.1) is 0 Å². The molecule has 0 aliphatic carbocycles. The van der Waals surface area contributed by atoms with Gasteiger partial charge in [-0.25, -0.2) is 0 Å². The Morgan fingerprint density at radius 2 is 2.19 bits per heavy atom. The van der Waals surface area contributed by atoms with Crippen molar-refractivity contribution >= 4 is 5.84 Å². The van der Waals surface area contributed by atoms with Crippen molar-refractivity contribution in [1.29, 1.82) is 0 Å². The zero-order valence-electron chi connectivity index (χ0n) is 10.9. The molecule has 0 amide bonds. The highest BCUT2D eigenvalue weighted by molar-refractivity contribution is 5.82. The standard InChI is InChI=1S/C11H17N3.C2H6/c1-4-5-10(8-12-3)11-6-7-13-9(2)14-11;1-2/h4-8,11-12H,1-3H3,(H,13,14);1-2H3/b5-4-,10-8+;. The third-order valence-corrected chi connectivity index (χ3v) is 1.92. The summed E-state index contributed by atoms with van der Waals surface area (Å²) < 4.78 is 0. The van der Waals surface area contributed by atoms with Crippen LogP contribution in [0.5, 0.6) is 0 Å². The van der Waals surface area contributed by atoms with Gasteiger partial charge >= 0.3 is 0 Å². The van der Waals surface area contributed by atoms with Crippen LogP contribution in [0.4, 0.5) is 0 Å². The maximum Gasteiger partial charge on any atom is 0.0982 e. The lowest BCUT2D eigenvalue weighted by Gasteiger charge is -2.15. The molecule has 1 atom stereocenters. The van der Waals surface area contributed by atoms with Crippen LogP contribution >= 0.6 is 0 Å². The molecule has 1 aliphatic heterocycles. The highest BCUT2D eigenvalue weighted by atomic mass is 15.0. The van der Waals surface area contributed by atoms with E-state index < -0.39 is 0 Å². The predicted octanol–water partition coefficient (Wildman–Crippen LogP) is 2.60. The lowest BCUT2D eigenvalue weighted by molar-refractivity contribution is 0.906. The van der Waals surface area contributed by atoms with Gasteiger partial charge in [0.15, 0.2) is 0 Å². The monoisotopic (exact) mass is 221 g/mol. The van der Waals surface area contributed by atoms with Gasteiger partial charge in [0.1, 0.15) is 0 Å². The Hall–Kier alpha value is -1.51. The predicted molar refractivity (Wildman–Crippen MR) is 72.5 cm³/mol. The van der Waals surface area contributed by atoms with E-state index in [2.05, 4.69) is 21.7 Å². The third-order valence-electron chi connectivity index (χ3n) is 1.92. The van der Waals surface area contributed by atoms with Crippen molar-refractivity contribution in [2.24, 2.45) is 4.99 Å². The van der Waals surface area contributed by atoms with Crippen molar-refractivity contribution in [2.75, 3.05) is 7.05 Å². The van der Waals surface area contributed by atoms with Gasteiger partial charge in [-0.15, -0.1) is 0 Å². The lowest BCUT2D eigenvalue weighted by atomic mass is 10.1. The summed E-state index contributed by atoms with van der Waals surface area (Å²) in [6, 6.07) is 0.125. The number of amidine groups is 1. The van der Waals surface area contributed by atoms with E-state index in [0.717, 1.165) is 11.4 Å². The third kappa shape index (κ3) is 4.82. The zero-order chi connectivity index (χ0) is 12.4. The maximum atomic E-state index is 4.48. The molecule has 3 nitrogen and oxygen atoms in total. The molecule has 1 aliphatic rings. The molecule has 1 unspecified atom stereocenters. The molecule has 0 saturated carbocycles. The topological polar surface area (TPSA) is 36.4 Å². The Morgan fingerprint density at radius 3 is 2.69 bits per heavy atom. The Morgan fingerprint density at radius 1 is 1.50 bits per heavy atom. The molecule has 0 saturated heterocycles. The number of hydrogen-bond acceptors (Lipinski definition) is 3. The number of allylic oxidation sites excluding steroid dienone is 1. The van der Waals surface area contributed by atoms with E-state index in [4.69, 9.17) is 0 Å². The zero-order valence-corrected chi connectivity index (χ0v) is 10.9. The molecule has 0 spiro atoms. The minimum absolute atomic E-state index is 0.125. The molecule has 0 bridgehead atoms. The van der Waals surface area contributed by atoms with Gasteiger partial charge in [0.05, 0.1) is 11.9 Å². The first kappa shape index (κ1) is 14.5. The van der Waals surface area contributed by atoms with Crippen LogP contribution in [0.1, 0.15) is 27.7 Å². The first-order chi connectivity index (χ1) is 7.77.